The van der Waals surface area contributed by atoms with Gasteiger partial charge in [0.2, 0.25) is 5.91 Å². The molecule has 3 heterocycles. The van der Waals surface area contributed by atoms with Crippen molar-refractivity contribution in [2.75, 3.05) is 6.54 Å². The summed E-state index contributed by atoms with van der Waals surface area (Å²) in [6.07, 6.45) is 6.70. The number of aryl methyl sites for hydroxylation is 2. The van der Waals surface area contributed by atoms with Crippen LogP contribution in [0.4, 0.5) is 0 Å². The first kappa shape index (κ1) is 22.7. The van der Waals surface area contributed by atoms with Crippen molar-refractivity contribution in [1.29, 1.82) is 0 Å². The van der Waals surface area contributed by atoms with Gasteiger partial charge in [0.1, 0.15) is 5.65 Å². The quantitative estimate of drug-likeness (QED) is 0.315. The van der Waals surface area contributed by atoms with E-state index in [0.29, 0.717) is 18.9 Å². The van der Waals surface area contributed by atoms with Gasteiger partial charge >= 0.3 is 0 Å². The second-order valence-electron chi connectivity index (χ2n) is 9.31. The lowest BCUT2D eigenvalue weighted by Crippen LogP contribution is -2.42. The van der Waals surface area contributed by atoms with Crippen molar-refractivity contribution in [1.82, 2.24) is 14.3 Å². The molecular formula is C29H30ClN3O. The number of carbonyl (C=O) groups is 1. The standard InChI is InChI=1S/C29H30ClN3O/c1-20-18-24(30)12-13-25(20)23-11-15-27-31-29(22-9-4-3-5-10-22)26(33(27)19-23)14-16-28(34)32-17-7-6-8-21(32)2/h3-5,9-13,15,18-19,21H,6-8,14,16-17H2,1-2H3. The number of benzene rings is 2. The molecule has 1 aliphatic heterocycles. The second-order valence-corrected chi connectivity index (χ2v) is 9.75. The molecule has 2 aromatic heterocycles. The maximum Gasteiger partial charge on any atom is 0.223 e. The zero-order valence-electron chi connectivity index (χ0n) is 19.8. The van der Waals surface area contributed by atoms with Gasteiger partial charge in [-0.2, -0.15) is 0 Å². The molecule has 5 heteroatoms. The molecule has 0 bridgehead atoms. The molecule has 0 radical (unpaired) electrons. The molecule has 174 valence electrons. The van der Waals surface area contributed by atoms with Crippen molar-refractivity contribution >= 4 is 23.2 Å². The van der Waals surface area contributed by atoms with E-state index >= 15 is 0 Å². The van der Waals surface area contributed by atoms with E-state index in [1.165, 1.54) is 6.42 Å². The molecule has 1 fully saturated rings. The van der Waals surface area contributed by atoms with Gasteiger partial charge in [0, 0.05) is 35.8 Å². The van der Waals surface area contributed by atoms with Crippen molar-refractivity contribution in [3.63, 3.8) is 0 Å². The molecule has 1 atom stereocenters. The summed E-state index contributed by atoms with van der Waals surface area (Å²) in [5.41, 5.74) is 7.37. The molecule has 1 amide bonds. The average Bonchev–Trinajstić information content (AvgIpc) is 3.21. The Hall–Kier alpha value is -3.11. The minimum atomic E-state index is 0.242. The van der Waals surface area contributed by atoms with E-state index in [1.807, 2.05) is 30.3 Å². The van der Waals surface area contributed by atoms with Crippen molar-refractivity contribution < 1.29 is 4.79 Å². The van der Waals surface area contributed by atoms with Gasteiger partial charge < -0.3 is 9.30 Å². The number of carbonyl (C=O) groups excluding carboxylic acids is 1. The van der Waals surface area contributed by atoms with Crippen LogP contribution in [0.3, 0.4) is 0 Å². The molecule has 0 saturated carbocycles. The van der Waals surface area contributed by atoms with Gasteiger partial charge in [-0.1, -0.05) is 48.0 Å². The Balaban J connectivity index is 1.54. The van der Waals surface area contributed by atoms with Crippen LogP contribution in [0.15, 0.2) is 66.9 Å². The highest BCUT2D eigenvalue weighted by atomic mass is 35.5. The monoisotopic (exact) mass is 471 g/mol. The van der Waals surface area contributed by atoms with E-state index in [9.17, 15) is 4.79 Å². The summed E-state index contributed by atoms with van der Waals surface area (Å²) in [4.78, 5) is 20.2. The number of amides is 1. The third kappa shape index (κ3) is 4.47. The van der Waals surface area contributed by atoms with Gasteiger partial charge in [-0.25, -0.2) is 4.98 Å². The van der Waals surface area contributed by atoms with E-state index in [2.05, 4.69) is 59.7 Å². The highest BCUT2D eigenvalue weighted by Gasteiger charge is 2.24. The van der Waals surface area contributed by atoms with Crippen molar-refractivity contribution in [3.05, 3.63) is 83.1 Å². The third-order valence-corrected chi connectivity index (χ3v) is 7.20. The van der Waals surface area contributed by atoms with E-state index in [1.54, 1.807) is 0 Å². The largest absolute Gasteiger partial charge is 0.340 e. The smallest absolute Gasteiger partial charge is 0.223 e. The Morgan fingerprint density at radius 1 is 1.06 bits per heavy atom. The second kappa shape index (κ2) is 9.63. The Kier molecular flexibility index (Phi) is 6.42. The molecule has 2 aromatic carbocycles. The minimum Gasteiger partial charge on any atom is -0.340 e. The Bertz CT molecular complexity index is 1330. The van der Waals surface area contributed by atoms with E-state index in [4.69, 9.17) is 16.6 Å². The Labute approximate surface area is 206 Å². The molecule has 0 N–H and O–H groups in total. The molecule has 4 nitrogen and oxygen atoms in total. The van der Waals surface area contributed by atoms with Gasteiger partial charge in [0.15, 0.2) is 0 Å². The summed E-state index contributed by atoms with van der Waals surface area (Å²) >= 11 is 6.19. The zero-order valence-corrected chi connectivity index (χ0v) is 20.6. The summed E-state index contributed by atoms with van der Waals surface area (Å²) in [6.45, 7) is 5.12. The number of imidazole rings is 1. The van der Waals surface area contributed by atoms with E-state index in [0.717, 1.165) is 63.7 Å². The number of nitrogens with zero attached hydrogens (tertiary/aromatic N) is 3. The van der Waals surface area contributed by atoms with Crippen LogP contribution in [0.2, 0.25) is 5.02 Å². The van der Waals surface area contributed by atoms with Crippen LogP contribution >= 0.6 is 11.6 Å². The summed E-state index contributed by atoms with van der Waals surface area (Å²) in [5.74, 6) is 0.242. The fraction of sp³-hybridized carbons (Fsp3) is 0.310. The number of halogens is 1. The number of hydrogen-bond donors (Lipinski definition) is 0. The average molecular weight is 472 g/mol. The Morgan fingerprint density at radius 3 is 2.65 bits per heavy atom. The molecule has 0 aliphatic carbocycles. The first-order valence-electron chi connectivity index (χ1n) is 12.1. The predicted molar refractivity (Wildman–Crippen MR) is 139 cm³/mol. The van der Waals surface area contributed by atoms with Crippen LogP contribution in [0.25, 0.3) is 28.0 Å². The van der Waals surface area contributed by atoms with Crippen LogP contribution in [0.5, 0.6) is 0 Å². The van der Waals surface area contributed by atoms with Crippen LogP contribution in [0, 0.1) is 6.92 Å². The fourth-order valence-electron chi connectivity index (χ4n) is 5.11. The summed E-state index contributed by atoms with van der Waals surface area (Å²) in [7, 11) is 0. The van der Waals surface area contributed by atoms with Crippen molar-refractivity contribution in [2.45, 2.75) is 52.0 Å². The number of aromatic nitrogens is 2. The van der Waals surface area contributed by atoms with Crippen LogP contribution < -0.4 is 0 Å². The van der Waals surface area contributed by atoms with E-state index in [-0.39, 0.29) is 5.91 Å². The number of piperidine rings is 1. The van der Waals surface area contributed by atoms with E-state index < -0.39 is 0 Å². The number of pyridine rings is 1. The maximum atomic E-state index is 13.1. The fourth-order valence-corrected chi connectivity index (χ4v) is 5.33. The highest BCUT2D eigenvalue weighted by molar-refractivity contribution is 6.30. The summed E-state index contributed by atoms with van der Waals surface area (Å²) in [5, 5.41) is 0.738. The first-order valence-corrected chi connectivity index (χ1v) is 12.5. The lowest BCUT2D eigenvalue weighted by Gasteiger charge is -2.33. The normalized spacial score (nSPS) is 16.2. The van der Waals surface area contributed by atoms with Crippen LogP contribution in [-0.4, -0.2) is 32.8 Å². The molecule has 1 aliphatic rings. The number of rotatable bonds is 5. The summed E-state index contributed by atoms with van der Waals surface area (Å²) in [6, 6.07) is 20.7. The molecule has 4 aromatic rings. The van der Waals surface area contributed by atoms with Gasteiger partial charge in [-0.05, 0) is 80.5 Å². The van der Waals surface area contributed by atoms with Crippen molar-refractivity contribution in [2.24, 2.45) is 0 Å². The Morgan fingerprint density at radius 2 is 1.88 bits per heavy atom. The number of likely N-dealkylation sites (tertiary alicyclic amines) is 1. The minimum absolute atomic E-state index is 0.242. The maximum absolute atomic E-state index is 13.1. The first-order chi connectivity index (χ1) is 16.5. The van der Waals surface area contributed by atoms with Crippen LogP contribution in [0.1, 0.15) is 43.9 Å². The zero-order chi connectivity index (χ0) is 23.7. The van der Waals surface area contributed by atoms with Crippen molar-refractivity contribution in [3.8, 4) is 22.4 Å². The van der Waals surface area contributed by atoms with Crippen LogP contribution in [-0.2, 0) is 11.2 Å². The lowest BCUT2D eigenvalue weighted by atomic mass is 10.0. The molecular weight excluding hydrogens is 442 g/mol. The van der Waals surface area contributed by atoms with Gasteiger partial charge in [0.05, 0.1) is 11.4 Å². The molecule has 1 saturated heterocycles. The lowest BCUT2D eigenvalue weighted by molar-refractivity contribution is -0.134. The SMILES string of the molecule is Cc1cc(Cl)ccc1-c1ccc2nc(-c3ccccc3)c(CCC(=O)N3CCCCC3C)n2c1. The highest BCUT2D eigenvalue weighted by Crippen LogP contribution is 2.30. The molecule has 5 rings (SSSR count). The predicted octanol–water partition coefficient (Wildman–Crippen LogP) is 6.96. The van der Waals surface area contributed by atoms with Gasteiger partial charge in [-0.15, -0.1) is 0 Å². The van der Waals surface area contributed by atoms with Gasteiger partial charge in [-0.3, -0.25) is 4.79 Å². The molecule has 34 heavy (non-hydrogen) atoms. The third-order valence-electron chi connectivity index (χ3n) is 6.96. The van der Waals surface area contributed by atoms with Gasteiger partial charge in [0.25, 0.3) is 0 Å². The summed E-state index contributed by atoms with van der Waals surface area (Å²) < 4.78 is 2.17. The molecule has 0 spiro atoms. The number of hydrogen-bond acceptors (Lipinski definition) is 2. The number of fused-ring (bicyclic) bond motifs is 1. The topological polar surface area (TPSA) is 37.6 Å². The molecule has 1 unspecified atom stereocenters.